The van der Waals surface area contributed by atoms with Crippen molar-refractivity contribution >= 4 is 40.4 Å². The van der Waals surface area contributed by atoms with Gasteiger partial charge in [-0.3, -0.25) is 9.88 Å². The number of aromatic nitrogens is 4. The number of hydrogen-bond donors (Lipinski definition) is 0. The minimum atomic E-state index is -0.405. The first-order chi connectivity index (χ1) is 12.5. The maximum Gasteiger partial charge on any atom is 0.340 e. The van der Waals surface area contributed by atoms with Crippen LogP contribution in [0.25, 0.3) is 11.0 Å². The van der Waals surface area contributed by atoms with Crippen LogP contribution in [0.3, 0.4) is 0 Å². The quantitative estimate of drug-likeness (QED) is 0.642. The van der Waals surface area contributed by atoms with Gasteiger partial charge in [0, 0.05) is 13.1 Å². The van der Waals surface area contributed by atoms with Gasteiger partial charge >= 0.3 is 5.97 Å². The number of ether oxygens (including phenoxy) is 1. The Morgan fingerprint density at radius 2 is 2.04 bits per heavy atom. The minimum Gasteiger partial charge on any atom is -0.465 e. The molecule has 2 aromatic heterocycles. The Labute approximate surface area is 155 Å². The molecule has 0 N–H and O–H groups in total. The van der Waals surface area contributed by atoms with Crippen LogP contribution in [0.2, 0.25) is 5.02 Å². The summed E-state index contributed by atoms with van der Waals surface area (Å²) in [5.74, 6) is 1.08. The molecule has 7 nitrogen and oxygen atoms in total. The summed E-state index contributed by atoms with van der Waals surface area (Å²) in [6, 6.07) is 3.36. The van der Waals surface area contributed by atoms with Gasteiger partial charge in [-0.15, -0.1) is 0 Å². The molecule has 0 amide bonds. The molecule has 1 aliphatic heterocycles. The monoisotopic (exact) mass is 371 g/mol. The Morgan fingerprint density at radius 3 is 2.77 bits per heavy atom. The van der Waals surface area contributed by atoms with Crippen LogP contribution in [-0.2, 0) is 11.3 Å². The van der Waals surface area contributed by atoms with Gasteiger partial charge in [-0.2, -0.15) is 0 Å². The summed E-state index contributed by atoms with van der Waals surface area (Å²) < 4.78 is 6.94. The Kier molecular flexibility index (Phi) is 4.03. The number of carbonyl (C=O) groups is 1. The molecule has 0 spiro atoms. The summed E-state index contributed by atoms with van der Waals surface area (Å²) in [5.41, 5.74) is 3.45. The molecule has 26 heavy (non-hydrogen) atoms. The number of esters is 1. The van der Waals surface area contributed by atoms with Crippen molar-refractivity contribution in [2.45, 2.75) is 26.8 Å². The Morgan fingerprint density at radius 1 is 1.23 bits per heavy atom. The van der Waals surface area contributed by atoms with E-state index in [1.54, 1.807) is 18.3 Å². The van der Waals surface area contributed by atoms with E-state index in [2.05, 4.69) is 9.97 Å². The number of carbonyl (C=O) groups excluding carboxylic acids is 1. The average molecular weight is 372 g/mol. The maximum absolute atomic E-state index is 12.2. The second-order valence-corrected chi connectivity index (χ2v) is 6.68. The van der Waals surface area contributed by atoms with E-state index < -0.39 is 5.97 Å². The van der Waals surface area contributed by atoms with Crippen LogP contribution in [-0.4, -0.2) is 39.1 Å². The fourth-order valence-electron chi connectivity index (χ4n) is 3.43. The first-order valence-electron chi connectivity index (χ1n) is 8.36. The molecule has 0 unspecified atom stereocenters. The van der Waals surface area contributed by atoms with Crippen LogP contribution < -0.4 is 4.90 Å². The van der Waals surface area contributed by atoms with Crippen molar-refractivity contribution in [1.29, 1.82) is 0 Å². The second kappa shape index (κ2) is 6.25. The van der Waals surface area contributed by atoms with Crippen LogP contribution in [0.4, 0.5) is 11.8 Å². The van der Waals surface area contributed by atoms with E-state index in [4.69, 9.17) is 21.3 Å². The summed E-state index contributed by atoms with van der Waals surface area (Å²) in [6.07, 6.45) is 2.64. The van der Waals surface area contributed by atoms with E-state index >= 15 is 0 Å². The molecule has 0 fully saturated rings. The number of hydrogen-bond acceptors (Lipinski definition) is 6. The number of fused-ring (bicyclic) bond motifs is 3. The Bertz CT molecular complexity index is 1030. The number of benzene rings is 1. The number of aryl methyl sites for hydroxylation is 3. The van der Waals surface area contributed by atoms with Crippen molar-refractivity contribution in [2.75, 3.05) is 18.6 Å². The third-order valence-corrected chi connectivity index (χ3v) is 4.84. The molecule has 0 saturated heterocycles. The summed E-state index contributed by atoms with van der Waals surface area (Å²) >= 11 is 6.37. The highest BCUT2D eigenvalue weighted by Crippen LogP contribution is 2.36. The molecule has 1 aliphatic rings. The minimum absolute atomic E-state index is 0.405. The third kappa shape index (κ3) is 2.50. The first kappa shape index (κ1) is 16.8. The van der Waals surface area contributed by atoms with Gasteiger partial charge < -0.3 is 9.30 Å². The molecule has 0 atom stereocenters. The van der Waals surface area contributed by atoms with Crippen LogP contribution in [0.5, 0.6) is 0 Å². The predicted molar refractivity (Wildman–Crippen MR) is 99.2 cm³/mol. The number of halogens is 1. The van der Waals surface area contributed by atoms with Crippen molar-refractivity contribution in [3.05, 3.63) is 40.3 Å². The molecular weight excluding hydrogens is 354 g/mol. The van der Waals surface area contributed by atoms with Crippen molar-refractivity contribution in [2.24, 2.45) is 0 Å². The fourth-order valence-corrected chi connectivity index (χ4v) is 3.63. The summed E-state index contributed by atoms with van der Waals surface area (Å²) in [4.78, 5) is 28.0. The molecule has 134 valence electrons. The number of rotatable bonds is 2. The van der Waals surface area contributed by atoms with Crippen molar-refractivity contribution in [3.8, 4) is 0 Å². The highest BCUT2D eigenvalue weighted by molar-refractivity contribution is 6.35. The van der Waals surface area contributed by atoms with Crippen LogP contribution >= 0.6 is 11.6 Å². The Balaban J connectivity index is 1.96. The highest BCUT2D eigenvalue weighted by Gasteiger charge is 2.28. The fraction of sp³-hybridized carbons (Fsp3) is 0.333. The Hall–Kier alpha value is -2.67. The molecule has 0 aliphatic carbocycles. The van der Waals surface area contributed by atoms with Gasteiger partial charge in [-0.05, 0) is 32.4 Å². The number of imidazole rings is 1. The maximum atomic E-state index is 12.2. The SMILES string of the molecule is COC(=O)c1ccc(Cl)c2nc3n(c12)CCCN3c1ncc(C)nc1C. The molecule has 0 bridgehead atoms. The predicted octanol–water partition coefficient (Wildman–Crippen LogP) is 3.42. The lowest BCUT2D eigenvalue weighted by Gasteiger charge is -2.29. The van der Waals surface area contributed by atoms with E-state index in [-0.39, 0.29) is 0 Å². The zero-order valence-corrected chi connectivity index (χ0v) is 15.5. The lowest BCUT2D eigenvalue weighted by molar-refractivity contribution is 0.0602. The van der Waals surface area contributed by atoms with Gasteiger partial charge in [0.1, 0.15) is 5.52 Å². The highest BCUT2D eigenvalue weighted by atomic mass is 35.5. The van der Waals surface area contributed by atoms with E-state index in [1.165, 1.54) is 7.11 Å². The van der Waals surface area contributed by atoms with E-state index in [9.17, 15) is 4.79 Å². The zero-order chi connectivity index (χ0) is 18.4. The lowest BCUT2D eigenvalue weighted by Crippen LogP contribution is -2.30. The van der Waals surface area contributed by atoms with Gasteiger partial charge in [0.2, 0.25) is 5.95 Å². The number of methoxy groups -OCH3 is 1. The van der Waals surface area contributed by atoms with E-state index in [1.807, 2.05) is 23.3 Å². The van der Waals surface area contributed by atoms with Gasteiger partial charge in [-0.25, -0.2) is 14.8 Å². The van der Waals surface area contributed by atoms with Crippen molar-refractivity contribution in [1.82, 2.24) is 19.5 Å². The molecule has 3 aromatic rings. The van der Waals surface area contributed by atoms with Crippen molar-refractivity contribution < 1.29 is 9.53 Å². The number of anilines is 2. The molecule has 0 saturated carbocycles. The third-order valence-electron chi connectivity index (χ3n) is 4.53. The molecule has 0 radical (unpaired) electrons. The molecule has 1 aromatic carbocycles. The first-order valence-corrected chi connectivity index (χ1v) is 8.74. The normalized spacial score (nSPS) is 13.8. The second-order valence-electron chi connectivity index (χ2n) is 6.27. The molecule has 3 heterocycles. The smallest absolute Gasteiger partial charge is 0.340 e. The van der Waals surface area contributed by atoms with E-state index in [0.717, 1.165) is 36.7 Å². The largest absolute Gasteiger partial charge is 0.465 e. The lowest BCUT2D eigenvalue weighted by atomic mass is 10.1. The molecule has 4 rings (SSSR count). The summed E-state index contributed by atoms with van der Waals surface area (Å²) in [7, 11) is 1.37. The molecule has 8 heteroatoms. The number of nitrogens with zero attached hydrogens (tertiary/aromatic N) is 5. The van der Waals surface area contributed by atoms with Crippen LogP contribution in [0.1, 0.15) is 28.2 Å². The molecular formula is C18H18ClN5O2. The van der Waals surface area contributed by atoms with Gasteiger partial charge in [0.25, 0.3) is 0 Å². The summed E-state index contributed by atoms with van der Waals surface area (Å²) in [6.45, 7) is 5.36. The standard InChI is InChI=1S/C18H18ClN5O2/c1-10-9-20-16(11(2)21-10)24-8-4-7-23-15-12(17(25)26-3)5-6-13(19)14(15)22-18(23)24/h5-6,9H,4,7-8H2,1-3H3. The zero-order valence-electron chi connectivity index (χ0n) is 14.8. The van der Waals surface area contributed by atoms with Gasteiger partial charge in [0.15, 0.2) is 5.82 Å². The summed E-state index contributed by atoms with van der Waals surface area (Å²) in [5, 5.41) is 0.501. The van der Waals surface area contributed by atoms with Gasteiger partial charge in [-0.1, -0.05) is 11.6 Å². The van der Waals surface area contributed by atoms with Crippen LogP contribution in [0.15, 0.2) is 18.3 Å². The topological polar surface area (TPSA) is 73.1 Å². The van der Waals surface area contributed by atoms with Gasteiger partial charge in [0.05, 0.1) is 40.8 Å². The average Bonchev–Trinajstić information content (AvgIpc) is 3.02. The van der Waals surface area contributed by atoms with E-state index in [0.29, 0.717) is 27.6 Å². The van der Waals surface area contributed by atoms with Crippen LogP contribution in [0, 0.1) is 13.8 Å². The van der Waals surface area contributed by atoms with Crippen molar-refractivity contribution in [3.63, 3.8) is 0 Å².